The first-order valence-corrected chi connectivity index (χ1v) is 5.30. The highest BCUT2D eigenvalue weighted by Crippen LogP contribution is 2.30. The second-order valence-corrected chi connectivity index (χ2v) is 3.88. The standard InChI is InChI=1S/C11H8F3N3O3/c12-11(13,14)6-2-1-3-7(4-6)17-5-8(15-16-17)9(18)10(19)20/h1-5,9,18H,(H,19,20). The average Bonchev–Trinajstić information content (AvgIpc) is 2.86. The molecular weight excluding hydrogens is 279 g/mol. The number of hydrogen-bond donors (Lipinski definition) is 2. The van der Waals surface area contributed by atoms with Gasteiger partial charge in [-0.25, -0.2) is 9.48 Å². The summed E-state index contributed by atoms with van der Waals surface area (Å²) in [6.07, 6.45) is -5.33. The number of carboxylic acids is 1. The van der Waals surface area contributed by atoms with Crippen molar-refractivity contribution in [3.63, 3.8) is 0 Å². The molecule has 6 nitrogen and oxygen atoms in total. The van der Waals surface area contributed by atoms with Gasteiger partial charge in [-0.1, -0.05) is 11.3 Å². The zero-order valence-electron chi connectivity index (χ0n) is 9.74. The maximum atomic E-state index is 12.6. The summed E-state index contributed by atoms with van der Waals surface area (Å²) in [6.45, 7) is 0. The minimum absolute atomic E-state index is 0.0520. The molecule has 0 amide bonds. The van der Waals surface area contributed by atoms with E-state index in [4.69, 9.17) is 5.11 Å². The van der Waals surface area contributed by atoms with Crippen molar-refractivity contribution in [2.75, 3.05) is 0 Å². The van der Waals surface area contributed by atoms with Crippen LogP contribution < -0.4 is 0 Å². The number of alkyl halides is 3. The molecule has 1 aromatic carbocycles. The van der Waals surface area contributed by atoms with Crippen molar-refractivity contribution in [2.24, 2.45) is 0 Å². The zero-order valence-corrected chi connectivity index (χ0v) is 9.74. The molecule has 1 atom stereocenters. The third-order valence-corrected chi connectivity index (χ3v) is 2.46. The largest absolute Gasteiger partial charge is 0.479 e. The first-order valence-electron chi connectivity index (χ1n) is 5.30. The Bertz CT molecular complexity index is 639. The van der Waals surface area contributed by atoms with E-state index in [2.05, 4.69) is 10.3 Å². The Labute approximate surface area is 110 Å². The number of benzene rings is 1. The molecule has 2 N–H and O–H groups in total. The molecule has 0 aliphatic rings. The van der Waals surface area contributed by atoms with E-state index in [0.29, 0.717) is 0 Å². The predicted octanol–water partition coefficient (Wildman–Crippen LogP) is 1.40. The van der Waals surface area contributed by atoms with Crippen molar-refractivity contribution in [1.82, 2.24) is 15.0 Å². The lowest BCUT2D eigenvalue weighted by Gasteiger charge is -2.08. The van der Waals surface area contributed by atoms with E-state index < -0.39 is 23.8 Å². The summed E-state index contributed by atoms with van der Waals surface area (Å²) in [6, 6.07) is 4.27. The molecular formula is C11H8F3N3O3. The van der Waals surface area contributed by atoms with Crippen LogP contribution in [0, 0.1) is 0 Å². The van der Waals surface area contributed by atoms with Gasteiger partial charge < -0.3 is 10.2 Å². The summed E-state index contributed by atoms with van der Waals surface area (Å²) in [5.74, 6) is -1.53. The first-order chi connectivity index (χ1) is 9.29. The lowest BCUT2D eigenvalue weighted by atomic mass is 10.2. The van der Waals surface area contributed by atoms with Gasteiger partial charge in [-0.2, -0.15) is 13.2 Å². The van der Waals surface area contributed by atoms with Gasteiger partial charge in [0.25, 0.3) is 0 Å². The fourth-order valence-electron chi connectivity index (χ4n) is 1.48. The highest BCUT2D eigenvalue weighted by Gasteiger charge is 2.30. The van der Waals surface area contributed by atoms with Crippen molar-refractivity contribution in [1.29, 1.82) is 0 Å². The topological polar surface area (TPSA) is 88.2 Å². The van der Waals surface area contributed by atoms with Gasteiger partial charge >= 0.3 is 12.1 Å². The van der Waals surface area contributed by atoms with E-state index in [0.717, 1.165) is 23.0 Å². The van der Waals surface area contributed by atoms with Crippen LogP contribution in [0.2, 0.25) is 0 Å². The summed E-state index contributed by atoms with van der Waals surface area (Å²) in [5, 5.41) is 24.7. The quantitative estimate of drug-likeness (QED) is 0.891. The number of nitrogens with zero attached hydrogens (tertiary/aromatic N) is 3. The molecule has 0 spiro atoms. The summed E-state index contributed by atoms with van der Waals surface area (Å²) < 4.78 is 38.6. The molecule has 9 heteroatoms. The smallest absolute Gasteiger partial charge is 0.416 e. The van der Waals surface area contributed by atoms with Gasteiger partial charge in [0.1, 0.15) is 5.69 Å². The number of halogens is 3. The Hall–Kier alpha value is -2.42. The van der Waals surface area contributed by atoms with Gasteiger partial charge in [0.05, 0.1) is 17.4 Å². The first kappa shape index (κ1) is 14.0. The fraction of sp³-hybridized carbons (Fsp3) is 0.182. The van der Waals surface area contributed by atoms with Crippen molar-refractivity contribution in [2.45, 2.75) is 12.3 Å². The molecule has 20 heavy (non-hydrogen) atoms. The third-order valence-electron chi connectivity index (χ3n) is 2.46. The maximum absolute atomic E-state index is 12.6. The van der Waals surface area contributed by atoms with Crippen LogP contribution >= 0.6 is 0 Å². The number of rotatable bonds is 3. The Balaban J connectivity index is 2.36. The van der Waals surface area contributed by atoms with Crippen molar-refractivity contribution in [3.05, 3.63) is 41.7 Å². The second kappa shape index (κ2) is 4.93. The van der Waals surface area contributed by atoms with Gasteiger partial charge in [0.15, 0.2) is 6.10 Å². The van der Waals surface area contributed by atoms with Crippen molar-refractivity contribution in [3.8, 4) is 5.69 Å². The number of aromatic nitrogens is 3. The van der Waals surface area contributed by atoms with Crippen LogP contribution in [0.3, 0.4) is 0 Å². The minimum atomic E-state index is -4.50. The van der Waals surface area contributed by atoms with Crippen LogP contribution in [0.5, 0.6) is 0 Å². The molecule has 1 unspecified atom stereocenters. The maximum Gasteiger partial charge on any atom is 0.416 e. The Morgan fingerprint density at radius 3 is 2.65 bits per heavy atom. The second-order valence-electron chi connectivity index (χ2n) is 3.88. The van der Waals surface area contributed by atoms with Crippen LogP contribution in [0.25, 0.3) is 5.69 Å². The molecule has 2 aromatic rings. The number of aliphatic carboxylic acids is 1. The summed E-state index contributed by atoms with van der Waals surface area (Å²) in [4.78, 5) is 10.6. The molecule has 1 aromatic heterocycles. The lowest BCUT2D eigenvalue weighted by Crippen LogP contribution is -2.10. The van der Waals surface area contributed by atoms with Gasteiger partial charge in [-0.3, -0.25) is 0 Å². The molecule has 0 radical (unpaired) electrons. The highest BCUT2D eigenvalue weighted by atomic mass is 19.4. The molecule has 0 aliphatic heterocycles. The van der Waals surface area contributed by atoms with E-state index in [1.165, 1.54) is 12.1 Å². The summed E-state index contributed by atoms with van der Waals surface area (Å²) in [5.41, 5.74) is -1.09. The van der Waals surface area contributed by atoms with Crippen LogP contribution in [0.15, 0.2) is 30.5 Å². The van der Waals surface area contributed by atoms with Gasteiger partial charge in [-0.15, -0.1) is 5.10 Å². The molecule has 106 valence electrons. The Morgan fingerprint density at radius 1 is 1.35 bits per heavy atom. The van der Waals surface area contributed by atoms with Gasteiger partial charge in [-0.05, 0) is 18.2 Å². The zero-order chi connectivity index (χ0) is 14.9. The van der Waals surface area contributed by atoms with E-state index >= 15 is 0 Å². The summed E-state index contributed by atoms with van der Waals surface area (Å²) >= 11 is 0. The lowest BCUT2D eigenvalue weighted by molar-refractivity contribution is -0.147. The predicted molar refractivity (Wildman–Crippen MR) is 59.0 cm³/mol. The monoisotopic (exact) mass is 287 g/mol. The van der Waals surface area contributed by atoms with E-state index in [1.54, 1.807) is 0 Å². The number of carboxylic acid groups (broad SMARTS) is 1. The summed E-state index contributed by atoms with van der Waals surface area (Å²) in [7, 11) is 0. The Kier molecular flexibility index (Phi) is 3.45. The average molecular weight is 287 g/mol. The van der Waals surface area contributed by atoms with Crippen molar-refractivity contribution < 1.29 is 28.2 Å². The third kappa shape index (κ3) is 2.77. The molecule has 0 saturated heterocycles. The van der Waals surface area contributed by atoms with E-state index in [-0.39, 0.29) is 11.4 Å². The molecule has 0 saturated carbocycles. The molecule has 0 bridgehead atoms. The number of aliphatic hydroxyl groups is 1. The number of aliphatic hydroxyl groups excluding tert-OH is 1. The molecule has 0 aliphatic carbocycles. The van der Waals surface area contributed by atoms with E-state index in [1.807, 2.05) is 0 Å². The number of hydrogen-bond acceptors (Lipinski definition) is 4. The van der Waals surface area contributed by atoms with Gasteiger partial charge in [0, 0.05) is 0 Å². The van der Waals surface area contributed by atoms with Crippen LogP contribution in [0.1, 0.15) is 17.4 Å². The normalized spacial score (nSPS) is 13.2. The van der Waals surface area contributed by atoms with Gasteiger partial charge in [0.2, 0.25) is 0 Å². The Morgan fingerprint density at radius 2 is 2.05 bits per heavy atom. The fourth-order valence-corrected chi connectivity index (χ4v) is 1.48. The molecule has 2 rings (SSSR count). The highest BCUT2D eigenvalue weighted by molar-refractivity contribution is 5.73. The van der Waals surface area contributed by atoms with Crippen molar-refractivity contribution >= 4 is 5.97 Å². The SMILES string of the molecule is O=C(O)C(O)c1cn(-c2cccc(C(F)(F)F)c2)nn1. The van der Waals surface area contributed by atoms with Crippen LogP contribution in [-0.2, 0) is 11.0 Å². The minimum Gasteiger partial charge on any atom is -0.479 e. The molecule has 0 fully saturated rings. The van der Waals surface area contributed by atoms with Crippen LogP contribution in [-0.4, -0.2) is 31.2 Å². The number of carbonyl (C=O) groups is 1. The van der Waals surface area contributed by atoms with E-state index in [9.17, 15) is 23.1 Å². The van der Waals surface area contributed by atoms with Crippen LogP contribution in [0.4, 0.5) is 13.2 Å². The molecule has 1 heterocycles.